The highest BCUT2D eigenvalue weighted by atomic mass is 32.2. The number of carbonyl (C=O) groups is 2. The third kappa shape index (κ3) is 4.24. The highest BCUT2D eigenvalue weighted by molar-refractivity contribution is 7.99. The van der Waals surface area contributed by atoms with Crippen LogP contribution in [0.2, 0.25) is 0 Å². The molecule has 0 aliphatic heterocycles. The predicted octanol–water partition coefficient (Wildman–Crippen LogP) is 3.24. The first kappa shape index (κ1) is 19.6. The van der Waals surface area contributed by atoms with E-state index in [1.54, 1.807) is 0 Å². The second-order valence-corrected chi connectivity index (χ2v) is 8.25. The first-order valence-electron chi connectivity index (χ1n) is 9.24. The number of rotatable bonds is 8. The lowest BCUT2D eigenvalue weighted by molar-refractivity contribution is -0.118. The van der Waals surface area contributed by atoms with Crippen molar-refractivity contribution in [3.8, 4) is 0 Å². The van der Waals surface area contributed by atoms with Gasteiger partial charge in [0.2, 0.25) is 5.91 Å². The van der Waals surface area contributed by atoms with Crippen molar-refractivity contribution in [1.82, 2.24) is 14.8 Å². The zero-order valence-corrected chi connectivity index (χ0v) is 17.2. The SMILES string of the molecule is Cc1cc(C(=O)CSc2nnc(C3CC3)n2CCC(N)=O)c(C)c(C)c1C. The number of nitrogens with two attached hydrogens (primary N) is 1. The van der Waals surface area contributed by atoms with Gasteiger partial charge in [0.1, 0.15) is 5.82 Å². The molecule has 0 radical (unpaired) electrons. The molecular formula is C20H26N4O2S. The second kappa shape index (κ2) is 7.84. The average molecular weight is 387 g/mol. The number of hydrogen-bond donors (Lipinski definition) is 1. The number of aryl methyl sites for hydroxylation is 1. The number of amides is 1. The molecule has 0 bridgehead atoms. The lowest BCUT2D eigenvalue weighted by atomic mass is 9.93. The van der Waals surface area contributed by atoms with E-state index in [-0.39, 0.29) is 18.1 Å². The Labute approximate surface area is 163 Å². The Hall–Kier alpha value is -2.15. The average Bonchev–Trinajstić information content (AvgIpc) is 3.39. The topological polar surface area (TPSA) is 90.9 Å². The van der Waals surface area contributed by atoms with E-state index in [9.17, 15) is 9.59 Å². The first-order chi connectivity index (χ1) is 12.8. The van der Waals surface area contributed by atoms with Crippen molar-refractivity contribution in [2.75, 3.05) is 5.75 Å². The molecule has 0 spiro atoms. The molecule has 1 aromatic carbocycles. The quantitative estimate of drug-likeness (QED) is 0.555. The minimum Gasteiger partial charge on any atom is -0.370 e. The van der Waals surface area contributed by atoms with Crippen LogP contribution in [0.1, 0.15) is 63.6 Å². The van der Waals surface area contributed by atoms with Crippen molar-refractivity contribution in [2.24, 2.45) is 5.73 Å². The monoisotopic (exact) mass is 386 g/mol. The zero-order valence-electron chi connectivity index (χ0n) is 16.3. The number of ketones is 1. The van der Waals surface area contributed by atoms with Gasteiger partial charge in [-0.15, -0.1) is 10.2 Å². The van der Waals surface area contributed by atoms with Gasteiger partial charge in [-0.25, -0.2) is 0 Å². The van der Waals surface area contributed by atoms with Crippen LogP contribution in [0.15, 0.2) is 11.2 Å². The van der Waals surface area contributed by atoms with E-state index in [1.807, 2.05) is 24.5 Å². The molecule has 144 valence electrons. The molecule has 0 saturated heterocycles. The molecule has 1 heterocycles. The molecule has 1 aromatic heterocycles. The lowest BCUT2D eigenvalue weighted by Crippen LogP contribution is -2.16. The fourth-order valence-corrected chi connectivity index (χ4v) is 4.05. The minimum atomic E-state index is -0.348. The molecule has 1 saturated carbocycles. The van der Waals surface area contributed by atoms with Gasteiger partial charge in [-0.1, -0.05) is 11.8 Å². The number of primary amides is 1. The van der Waals surface area contributed by atoms with E-state index >= 15 is 0 Å². The van der Waals surface area contributed by atoms with Crippen molar-refractivity contribution in [2.45, 2.75) is 64.6 Å². The molecule has 2 aromatic rings. The number of hydrogen-bond acceptors (Lipinski definition) is 5. The molecule has 7 heteroatoms. The van der Waals surface area contributed by atoms with Gasteiger partial charge in [0.05, 0.1) is 5.75 Å². The Balaban J connectivity index is 1.77. The van der Waals surface area contributed by atoms with Crippen LogP contribution in [0.4, 0.5) is 0 Å². The van der Waals surface area contributed by atoms with Crippen LogP contribution in [0.25, 0.3) is 0 Å². The molecule has 1 amide bonds. The number of carbonyl (C=O) groups excluding carboxylic acids is 2. The van der Waals surface area contributed by atoms with Crippen LogP contribution in [0, 0.1) is 27.7 Å². The summed E-state index contributed by atoms with van der Waals surface area (Å²) < 4.78 is 1.96. The lowest BCUT2D eigenvalue weighted by Gasteiger charge is -2.13. The number of thioether (sulfide) groups is 1. The maximum atomic E-state index is 12.8. The van der Waals surface area contributed by atoms with E-state index in [1.165, 1.54) is 22.9 Å². The summed E-state index contributed by atoms with van der Waals surface area (Å²) in [4.78, 5) is 24.0. The third-order valence-electron chi connectivity index (χ3n) is 5.38. The Kier molecular flexibility index (Phi) is 5.69. The van der Waals surface area contributed by atoms with E-state index in [2.05, 4.69) is 24.0 Å². The van der Waals surface area contributed by atoms with Crippen molar-refractivity contribution in [3.05, 3.63) is 39.7 Å². The molecule has 0 unspecified atom stereocenters. The summed E-state index contributed by atoms with van der Waals surface area (Å²) in [6.45, 7) is 8.64. The van der Waals surface area contributed by atoms with Gasteiger partial charge in [-0.3, -0.25) is 9.59 Å². The summed E-state index contributed by atoms with van der Waals surface area (Å²) in [6.07, 6.45) is 2.44. The molecule has 0 atom stereocenters. The molecule has 27 heavy (non-hydrogen) atoms. The third-order valence-corrected chi connectivity index (χ3v) is 6.35. The van der Waals surface area contributed by atoms with Gasteiger partial charge >= 0.3 is 0 Å². The molecule has 1 aliphatic rings. The van der Waals surface area contributed by atoms with Gasteiger partial charge in [-0.2, -0.15) is 0 Å². The van der Waals surface area contributed by atoms with Gasteiger partial charge < -0.3 is 10.3 Å². The van der Waals surface area contributed by atoms with Gasteiger partial charge in [-0.05, 0) is 68.9 Å². The number of benzene rings is 1. The van der Waals surface area contributed by atoms with Crippen LogP contribution < -0.4 is 5.73 Å². The summed E-state index contributed by atoms with van der Waals surface area (Å²) in [5, 5.41) is 9.24. The van der Waals surface area contributed by atoms with E-state index in [0.717, 1.165) is 35.4 Å². The minimum absolute atomic E-state index is 0.0844. The Morgan fingerprint density at radius 2 is 1.85 bits per heavy atom. The fraction of sp³-hybridized carbons (Fsp3) is 0.500. The maximum absolute atomic E-state index is 12.8. The molecule has 3 rings (SSSR count). The van der Waals surface area contributed by atoms with E-state index in [4.69, 9.17) is 5.73 Å². The summed E-state index contributed by atoms with van der Waals surface area (Å²) >= 11 is 1.38. The van der Waals surface area contributed by atoms with E-state index < -0.39 is 0 Å². The normalized spacial score (nSPS) is 13.8. The largest absolute Gasteiger partial charge is 0.370 e. The summed E-state index contributed by atoms with van der Waals surface area (Å²) in [5.41, 5.74) is 10.6. The molecular weight excluding hydrogens is 360 g/mol. The zero-order chi connectivity index (χ0) is 19.7. The fourth-order valence-electron chi connectivity index (χ4n) is 3.19. The summed E-state index contributed by atoms with van der Waals surface area (Å²) in [6, 6.07) is 1.98. The van der Waals surface area contributed by atoms with Crippen LogP contribution in [0.5, 0.6) is 0 Å². The van der Waals surface area contributed by atoms with Gasteiger partial charge in [0.15, 0.2) is 10.9 Å². The van der Waals surface area contributed by atoms with Crippen molar-refractivity contribution < 1.29 is 9.59 Å². The summed E-state index contributed by atoms with van der Waals surface area (Å²) in [7, 11) is 0. The van der Waals surface area contributed by atoms with Crippen molar-refractivity contribution >= 4 is 23.5 Å². The Bertz CT molecular complexity index is 900. The van der Waals surface area contributed by atoms with Gasteiger partial charge in [0.25, 0.3) is 0 Å². The number of aromatic nitrogens is 3. The predicted molar refractivity (Wildman–Crippen MR) is 106 cm³/mol. The number of Topliss-reactive ketones (excluding diaryl/α,β-unsaturated/α-hetero) is 1. The van der Waals surface area contributed by atoms with Crippen LogP contribution >= 0.6 is 11.8 Å². The summed E-state index contributed by atoms with van der Waals surface area (Å²) in [5.74, 6) is 1.35. The Morgan fingerprint density at radius 3 is 2.48 bits per heavy atom. The maximum Gasteiger partial charge on any atom is 0.219 e. The highest BCUT2D eigenvalue weighted by Crippen LogP contribution is 2.40. The van der Waals surface area contributed by atoms with Crippen LogP contribution in [-0.2, 0) is 11.3 Å². The van der Waals surface area contributed by atoms with Crippen LogP contribution in [-0.4, -0.2) is 32.2 Å². The van der Waals surface area contributed by atoms with E-state index in [0.29, 0.717) is 23.4 Å². The molecule has 1 aliphatic carbocycles. The standard InChI is InChI=1S/C20H26N4O2S/c1-11-9-16(14(4)13(3)12(11)2)17(25)10-27-20-23-22-19(15-5-6-15)24(20)8-7-18(21)26/h9,15H,5-8,10H2,1-4H3,(H2,21,26). The highest BCUT2D eigenvalue weighted by Gasteiger charge is 2.30. The second-order valence-electron chi connectivity index (χ2n) is 7.31. The van der Waals surface area contributed by atoms with Crippen molar-refractivity contribution in [1.29, 1.82) is 0 Å². The Morgan fingerprint density at radius 1 is 1.15 bits per heavy atom. The number of nitrogens with zero attached hydrogens (tertiary/aromatic N) is 3. The molecule has 2 N–H and O–H groups in total. The smallest absolute Gasteiger partial charge is 0.219 e. The first-order valence-corrected chi connectivity index (χ1v) is 10.2. The van der Waals surface area contributed by atoms with Crippen LogP contribution in [0.3, 0.4) is 0 Å². The molecule has 1 fully saturated rings. The molecule has 6 nitrogen and oxygen atoms in total. The van der Waals surface area contributed by atoms with Gasteiger partial charge in [0, 0.05) is 24.4 Å². The van der Waals surface area contributed by atoms with Crippen molar-refractivity contribution in [3.63, 3.8) is 0 Å².